The number of halogens is 3. The predicted octanol–water partition coefficient (Wildman–Crippen LogP) is 5.55. The zero-order chi connectivity index (χ0) is 20.7. The molecule has 8 heteroatoms. The van der Waals surface area contributed by atoms with E-state index in [-0.39, 0.29) is 17.3 Å². The quantitative estimate of drug-likeness (QED) is 0.520. The molecule has 3 rings (SSSR count). The Balaban J connectivity index is 1.66. The smallest absolute Gasteiger partial charge is 0.351 e. The SMILES string of the molecule is O=C(CSC(=Nc1ccccc1)N1CCCCC1)Nc1cccc(C(F)(F)F)c1. The summed E-state index contributed by atoms with van der Waals surface area (Å²) in [4.78, 5) is 19.2. The second kappa shape index (κ2) is 9.82. The number of benzene rings is 2. The number of hydrogen-bond acceptors (Lipinski definition) is 3. The van der Waals surface area contributed by atoms with Gasteiger partial charge in [-0.05, 0) is 49.6 Å². The molecule has 0 unspecified atom stereocenters. The van der Waals surface area contributed by atoms with Gasteiger partial charge in [0.25, 0.3) is 0 Å². The van der Waals surface area contributed by atoms with Crippen LogP contribution in [0.4, 0.5) is 24.5 Å². The third-order valence-corrected chi connectivity index (χ3v) is 5.43. The summed E-state index contributed by atoms with van der Waals surface area (Å²) in [6, 6.07) is 14.1. The molecule has 0 aliphatic carbocycles. The summed E-state index contributed by atoms with van der Waals surface area (Å²) in [5, 5.41) is 3.30. The molecule has 0 aromatic heterocycles. The van der Waals surface area contributed by atoms with Crippen molar-refractivity contribution in [3.05, 3.63) is 60.2 Å². The van der Waals surface area contributed by atoms with Crippen molar-refractivity contribution in [2.45, 2.75) is 25.4 Å². The van der Waals surface area contributed by atoms with E-state index >= 15 is 0 Å². The minimum absolute atomic E-state index is 0.0679. The standard InChI is InChI=1S/C21H22F3N3OS/c22-21(23,24)16-8-7-11-18(14-16)25-19(28)15-29-20(27-12-5-2-6-13-27)26-17-9-3-1-4-10-17/h1,3-4,7-11,14H,2,5-6,12-13,15H2,(H,25,28). The number of piperidine rings is 1. The summed E-state index contributed by atoms with van der Waals surface area (Å²) >= 11 is 1.30. The highest BCUT2D eigenvalue weighted by atomic mass is 32.2. The fraction of sp³-hybridized carbons (Fsp3) is 0.333. The summed E-state index contributed by atoms with van der Waals surface area (Å²) < 4.78 is 38.5. The fourth-order valence-corrected chi connectivity index (χ4v) is 3.86. The number of alkyl halides is 3. The molecule has 154 valence electrons. The number of aliphatic imine (C=N–C) groups is 1. The van der Waals surface area contributed by atoms with E-state index in [0.29, 0.717) is 0 Å². The van der Waals surface area contributed by atoms with Crippen LogP contribution in [0, 0.1) is 0 Å². The van der Waals surface area contributed by atoms with Crippen molar-refractivity contribution < 1.29 is 18.0 Å². The number of rotatable bonds is 4. The summed E-state index contributed by atoms with van der Waals surface area (Å²) in [6.45, 7) is 1.77. The Labute approximate surface area is 172 Å². The number of carbonyl (C=O) groups is 1. The number of likely N-dealkylation sites (tertiary alicyclic amines) is 1. The third kappa shape index (κ3) is 6.52. The van der Waals surface area contributed by atoms with Crippen LogP contribution >= 0.6 is 11.8 Å². The lowest BCUT2D eigenvalue weighted by Gasteiger charge is -2.29. The van der Waals surface area contributed by atoms with Crippen LogP contribution in [0.1, 0.15) is 24.8 Å². The van der Waals surface area contributed by atoms with Crippen LogP contribution in [0.3, 0.4) is 0 Å². The average molecular weight is 421 g/mol. The number of carbonyl (C=O) groups excluding carboxylic acids is 1. The number of nitrogens with zero attached hydrogens (tertiary/aromatic N) is 2. The van der Waals surface area contributed by atoms with Gasteiger partial charge in [0, 0.05) is 18.8 Å². The first kappa shape index (κ1) is 21.2. The topological polar surface area (TPSA) is 44.7 Å². The van der Waals surface area contributed by atoms with Crippen molar-refractivity contribution in [2.75, 3.05) is 24.2 Å². The van der Waals surface area contributed by atoms with Gasteiger partial charge in [0.1, 0.15) is 0 Å². The van der Waals surface area contributed by atoms with Crippen LogP contribution < -0.4 is 5.32 Å². The molecule has 0 bridgehead atoms. The second-order valence-electron chi connectivity index (χ2n) is 6.69. The molecule has 0 spiro atoms. The van der Waals surface area contributed by atoms with Crippen LogP contribution in [0.2, 0.25) is 0 Å². The van der Waals surface area contributed by atoms with E-state index in [0.717, 1.165) is 48.9 Å². The van der Waals surface area contributed by atoms with E-state index in [1.54, 1.807) is 0 Å². The number of amides is 1. The van der Waals surface area contributed by atoms with Crippen LogP contribution in [-0.4, -0.2) is 34.8 Å². The number of amidine groups is 1. The normalized spacial score (nSPS) is 15.3. The van der Waals surface area contributed by atoms with Gasteiger partial charge in [0.2, 0.25) is 5.91 Å². The Morgan fingerprint density at radius 1 is 1.03 bits per heavy atom. The van der Waals surface area contributed by atoms with E-state index in [4.69, 9.17) is 0 Å². The van der Waals surface area contributed by atoms with Crippen LogP contribution in [-0.2, 0) is 11.0 Å². The summed E-state index contributed by atoms with van der Waals surface area (Å²) in [5.74, 6) is -0.301. The molecule has 1 aliphatic rings. The Kier molecular flexibility index (Phi) is 7.19. The highest BCUT2D eigenvalue weighted by molar-refractivity contribution is 8.14. The molecule has 4 nitrogen and oxygen atoms in total. The predicted molar refractivity (Wildman–Crippen MR) is 111 cm³/mol. The molecule has 1 fully saturated rings. The fourth-order valence-electron chi connectivity index (χ4n) is 2.99. The zero-order valence-corrected chi connectivity index (χ0v) is 16.6. The van der Waals surface area contributed by atoms with Crippen molar-refractivity contribution in [2.24, 2.45) is 4.99 Å². The van der Waals surface area contributed by atoms with Gasteiger partial charge in [-0.25, -0.2) is 4.99 Å². The van der Waals surface area contributed by atoms with E-state index < -0.39 is 11.7 Å². The van der Waals surface area contributed by atoms with Gasteiger partial charge in [-0.1, -0.05) is 36.0 Å². The molecular weight excluding hydrogens is 399 g/mol. The first-order chi connectivity index (χ1) is 13.9. The maximum Gasteiger partial charge on any atom is 0.416 e. The van der Waals surface area contributed by atoms with E-state index in [1.807, 2.05) is 30.3 Å². The van der Waals surface area contributed by atoms with Gasteiger partial charge in [0.05, 0.1) is 17.0 Å². The van der Waals surface area contributed by atoms with Crippen molar-refractivity contribution in [1.82, 2.24) is 4.90 Å². The summed E-state index contributed by atoms with van der Waals surface area (Å²) in [5.41, 5.74) is 0.145. The Morgan fingerprint density at radius 3 is 2.45 bits per heavy atom. The first-order valence-corrected chi connectivity index (χ1v) is 10.4. The molecule has 1 amide bonds. The molecule has 1 N–H and O–H groups in total. The summed E-state index contributed by atoms with van der Waals surface area (Å²) in [7, 11) is 0. The van der Waals surface area contributed by atoms with Gasteiger partial charge >= 0.3 is 6.18 Å². The summed E-state index contributed by atoms with van der Waals surface area (Å²) in [6.07, 6.45) is -1.12. The maximum atomic E-state index is 12.8. The zero-order valence-electron chi connectivity index (χ0n) is 15.8. The van der Waals surface area contributed by atoms with Crippen molar-refractivity contribution >= 4 is 34.2 Å². The third-order valence-electron chi connectivity index (χ3n) is 4.41. The number of anilines is 1. The monoisotopic (exact) mass is 421 g/mol. The van der Waals surface area contributed by atoms with Crippen LogP contribution in [0.15, 0.2) is 59.6 Å². The molecule has 1 heterocycles. The van der Waals surface area contributed by atoms with Crippen LogP contribution in [0.25, 0.3) is 0 Å². The van der Waals surface area contributed by atoms with Crippen molar-refractivity contribution in [3.8, 4) is 0 Å². The number of nitrogens with one attached hydrogen (secondary N) is 1. The highest BCUT2D eigenvalue weighted by Gasteiger charge is 2.30. The average Bonchev–Trinajstić information content (AvgIpc) is 2.72. The molecule has 0 radical (unpaired) electrons. The lowest BCUT2D eigenvalue weighted by molar-refractivity contribution is -0.137. The lowest BCUT2D eigenvalue weighted by Crippen LogP contribution is -2.34. The molecule has 29 heavy (non-hydrogen) atoms. The minimum Gasteiger partial charge on any atom is -0.351 e. The molecule has 0 saturated carbocycles. The molecule has 1 saturated heterocycles. The van der Waals surface area contributed by atoms with Gasteiger partial charge < -0.3 is 10.2 Å². The van der Waals surface area contributed by atoms with E-state index in [2.05, 4.69) is 15.2 Å². The van der Waals surface area contributed by atoms with Gasteiger partial charge in [-0.15, -0.1) is 0 Å². The van der Waals surface area contributed by atoms with Crippen LogP contribution in [0.5, 0.6) is 0 Å². The largest absolute Gasteiger partial charge is 0.416 e. The van der Waals surface area contributed by atoms with E-state index in [9.17, 15) is 18.0 Å². The number of thioether (sulfide) groups is 1. The Morgan fingerprint density at radius 2 is 1.76 bits per heavy atom. The molecular formula is C21H22F3N3OS. The van der Waals surface area contributed by atoms with Gasteiger partial charge in [-0.2, -0.15) is 13.2 Å². The van der Waals surface area contributed by atoms with Gasteiger partial charge in [0.15, 0.2) is 5.17 Å². The second-order valence-corrected chi connectivity index (χ2v) is 7.64. The first-order valence-electron chi connectivity index (χ1n) is 9.40. The number of hydrogen-bond donors (Lipinski definition) is 1. The van der Waals surface area contributed by atoms with Gasteiger partial charge in [-0.3, -0.25) is 4.79 Å². The Hall–Kier alpha value is -2.48. The molecule has 2 aromatic rings. The molecule has 0 atom stereocenters. The number of para-hydroxylation sites is 1. The van der Waals surface area contributed by atoms with E-state index in [1.165, 1.54) is 30.3 Å². The lowest BCUT2D eigenvalue weighted by atomic mass is 10.1. The molecule has 2 aromatic carbocycles. The molecule has 1 aliphatic heterocycles. The van der Waals surface area contributed by atoms with Crippen molar-refractivity contribution in [3.63, 3.8) is 0 Å². The minimum atomic E-state index is -4.45. The Bertz CT molecular complexity index is 850. The van der Waals surface area contributed by atoms with Crippen molar-refractivity contribution in [1.29, 1.82) is 0 Å². The maximum absolute atomic E-state index is 12.8. The highest BCUT2D eigenvalue weighted by Crippen LogP contribution is 2.30.